The summed E-state index contributed by atoms with van der Waals surface area (Å²) in [6.07, 6.45) is 0.537. The molecule has 0 saturated carbocycles. The monoisotopic (exact) mass is 465 g/mol. The predicted octanol–water partition coefficient (Wildman–Crippen LogP) is 1.91. The highest BCUT2D eigenvalue weighted by molar-refractivity contribution is 9.10. The molecule has 1 aromatic rings. The van der Waals surface area contributed by atoms with Crippen LogP contribution in [-0.2, 0) is 19.6 Å². The van der Waals surface area contributed by atoms with Gasteiger partial charge in [-0.3, -0.25) is 9.59 Å². The van der Waals surface area contributed by atoms with Gasteiger partial charge in [0.2, 0.25) is 21.8 Å². The molecule has 0 saturated heterocycles. The van der Waals surface area contributed by atoms with Crippen molar-refractivity contribution in [3.63, 3.8) is 0 Å². The number of carbonyl (C=O) groups is 2. The largest absolute Gasteiger partial charge is 0.355 e. The molecular formula is C16H24BrN3O4S2. The second-order valence-electron chi connectivity index (χ2n) is 5.48. The number of rotatable bonds is 11. The fourth-order valence-electron chi connectivity index (χ4n) is 1.94. The van der Waals surface area contributed by atoms with Gasteiger partial charge in [-0.05, 0) is 31.5 Å². The van der Waals surface area contributed by atoms with Gasteiger partial charge >= 0.3 is 0 Å². The van der Waals surface area contributed by atoms with Crippen LogP contribution in [0.1, 0.15) is 13.3 Å². The Hall–Kier alpha value is -1.10. The highest BCUT2D eigenvalue weighted by atomic mass is 79.9. The standard InChI is InChI=1S/C16H24BrN3O4S2/c1-3-26(23,24)20(2)9-5-8-18-15(21)11-25-12-16(22)19-14-7-4-6-13(17)10-14/h4,6-7,10H,3,5,8-9,11-12H2,1-2H3,(H,18,21)(H,19,22). The number of nitrogens with one attached hydrogen (secondary N) is 2. The molecule has 0 aliphatic heterocycles. The summed E-state index contributed by atoms with van der Waals surface area (Å²) < 4.78 is 25.3. The van der Waals surface area contributed by atoms with E-state index in [4.69, 9.17) is 0 Å². The highest BCUT2D eigenvalue weighted by Crippen LogP contribution is 2.15. The van der Waals surface area contributed by atoms with Crippen molar-refractivity contribution < 1.29 is 18.0 Å². The van der Waals surface area contributed by atoms with Crippen LogP contribution in [0, 0.1) is 0 Å². The summed E-state index contributed by atoms with van der Waals surface area (Å²) in [7, 11) is -1.65. The average molecular weight is 466 g/mol. The van der Waals surface area contributed by atoms with Crippen LogP contribution in [0.2, 0.25) is 0 Å². The van der Waals surface area contributed by atoms with E-state index >= 15 is 0 Å². The molecule has 2 amide bonds. The molecule has 0 spiro atoms. The number of benzene rings is 1. The minimum absolute atomic E-state index is 0.0640. The Labute approximate surface area is 167 Å². The van der Waals surface area contributed by atoms with Gasteiger partial charge in [0.1, 0.15) is 0 Å². The number of halogens is 1. The second-order valence-corrected chi connectivity index (χ2v) is 9.74. The maximum Gasteiger partial charge on any atom is 0.234 e. The van der Waals surface area contributed by atoms with Crippen molar-refractivity contribution in [3.05, 3.63) is 28.7 Å². The normalized spacial score (nSPS) is 11.4. The molecule has 0 bridgehead atoms. The Morgan fingerprint density at radius 3 is 2.58 bits per heavy atom. The predicted molar refractivity (Wildman–Crippen MR) is 110 cm³/mol. The Morgan fingerprint density at radius 1 is 1.23 bits per heavy atom. The maximum absolute atomic E-state index is 11.8. The van der Waals surface area contributed by atoms with Crippen LogP contribution in [-0.4, -0.2) is 61.9 Å². The summed E-state index contributed by atoms with van der Waals surface area (Å²) in [5.41, 5.74) is 0.695. The second kappa shape index (κ2) is 11.6. The molecule has 0 atom stereocenters. The fraction of sp³-hybridized carbons (Fsp3) is 0.500. The van der Waals surface area contributed by atoms with Crippen LogP contribution in [0.25, 0.3) is 0 Å². The molecule has 7 nitrogen and oxygen atoms in total. The maximum atomic E-state index is 11.8. The van der Waals surface area contributed by atoms with Gasteiger partial charge in [0.15, 0.2) is 0 Å². The molecule has 1 rings (SSSR count). The summed E-state index contributed by atoms with van der Waals surface area (Å²) in [6.45, 7) is 2.35. The van der Waals surface area contributed by atoms with Gasteiger partial charge in [0.05, 0.1) is 17.3 Å². The van der Waals surface area contributed by atoms with Gasteiger partial charge in [-0.15, -0.1) is 11.8 Å². The van der Waals surface area contributed by atoms with Gasteiger partial charge in [-0.1, -0.05) is 22.0 Å². The number of carbonyl (C=O) groups excluding carboxylic acids is 2. The van der Waals surface area contributed by atoms with E-state index in [2.05, 4.69) is 26.6 Å². The first-order valence-electron chi connectivity index (χ1n) is 8.08. The van der Waals surface area contributed by atoms with Crippen LogP contribution in [0.15, 0.2) is 28.7 Å². The summed E-state index contributed by atoms with van der Waals surface area (Å²) >= 11 is 4.55. The molecule has 0 fully saturated rings. The molecule has 0 unspecified atom stereocenters. The van der Waals surface area contributed by atoms with Crippen molar-refractivity contribution in [2.24, 2.45) is 0 Å². The number of hydrogen-bond donors (Lipinski definition) is 2. The topological polar surface area (TPSA) is 95.6 Å². The fourth-order valence-corrected chi connectivity index (χ4v) is 3.83. The lowest BCUT2D eigenvalue weighted by Crippen LogP contribution is -2.33. The van der Waals surface area contributed by atoms with Crippen LogP contribution in [0.4, 0.5) is 5.69 Å². The smallest absolute Gasteiger partial charge is 0.234 e. The molecule has 0 aromatic heterocycles. The van der Waals surface area contributed by atoms with E-state index in [0.29, 0.717) is 25.2 Å². The molecule has 0 heterocycles. The number of amides is 2. The molecule has 2 N–H and O–H groups in total. The highest BCUT2D eigenvalue weighted by Gasteiger charge is 2.14. The third-order valence-electron chi connectivity index (χ3n) is 3.39. The average Bonchev–Trinajstić information content (AvgIpc) is 2.58. The molecule has 146 valence electrons. The van der Waals surface area contributed by atoms with E-state index in [1.807, 2.05) is 12.1 Å². The summed E-state index contributed by atoms with van der Waals surface area (Å²) in [5.74, 6) is 0.0690. The van der Waals surface area contributed by atoms with E-state index in [1.165, 1.54) is 23.1 Å². The van der Waals surface area contributed by atoms with Crippen molar-refractivity contribution in [1.82, 2.24) is 9.62 Å². The minimum Gasteiger partial charge on any atom is -0.355 e. The summed E-state index contributed by atoms with van der Waals surface area (Å²) in [4.78, 5) is 23.5. The quantitative estimate of drug-likeness (QED) is 0.486. The van der Waals surface area contributed by atoms with E-state index in [-0.39, 0.29) is 29.1 Å². The molecule has 0 radical (unpaired) electrons. The van der Waals surface area contributed by atoms with Gasteiger partial charge < -0.3 is 10.6 Å². The zero-order valence-corrected chi connectivity index (χ0v) is 18.0. The zero-order chi connectivity index (χ0) is 19.6. The third kappa shape index (κ3) is 9.02. The minimum atomic E-state index is -3.18. The third-order valence-corrected chi connectivity index (χ3v) is 6.67. The Bertz CT molecular complexity index is 713. The van der Waals surface area contributed by atoms with Crippen molar-refractivity contribution in [1.29, 1.82) is 0 Å². The van der Waals surface area contributed by atoms with Crippen LogP contribution >= 0.6 is 27.7 Å². The van der Waals surface area contributed by atoms with Crippen LogP contribution in [0.3, 0.4) is 0 Å². The number of thioether (sulfide) groups is 1. The van der Waals surface area contributed by atoms with Crippen molar-refractivity contribution in [2.45, 2.75) is 13.3 Å². The lowest BCUT2D eigenvalue weighted by atomic mass is 10.3. The first-order valence-corrected chi connectivity index (χ1v) is 11.6. The van der Waals surface area contributed by atoms with E-state index in [0.717, 1.165) is 4.47 Å². The van der Waals surface area contributed by atoms with Gasteiger partial charge in [0.25, 0.3) is 0 Å². The lowest BCUT2D eigenvalue weighted by Gasteiger charge is -2.15. The molecular weight excluding hydrogens is 442 g/mol. The Balaban J connectivity index is 2.16. The van der Waals surface area contributed by atoms with Gasteiger partial charge in [-0.2, -0.15) is 0 Å². The van der Waals surface area contributed by atoms with Crippen LogP contribution in [0.5, 0.6) is 0 Å². The number of anilines is 1. The van der Waals surface area contributed by atoms with E-state index in [9.17, 15) is 18.0 Å². The van der Waals surface area contributed by atoms with Gasteiger partial charge in [-0.25, -0.2) is 12.7 Å². The van der Waals surface area contributed by atoms with Crippen molar-refractivity contribution >= 4 is 55.2 Å². The molecule has 1 aromatic carbocycles. The van der Waals surface area contributed by atoms with Crippen molar-refractivity contribution in [3.8, 4) is 0 Å². The molecule has 10 heteroatoms. The summed E-state index contributed by atoms with van der Waals surface area (Å²) in [5, 5.41) is 5.48. The lowest BCUT2D eigenvalue weighted by molar-refractivity contribution is -0.118. The Morgan fingerprint density at radius 2 is 1.92 bits per heavy atom. The van der Waals surface area contributed by atoms with Crippen LogP contribution < -0.4 is 10.6 Å². The molecule has 26 heavy (non-hydrogen) atoms. The summed E-state index contributed by atoms with van der Waals surface area (Å²) in [6, 6.07) is 7.27. The van der Waals surface area contributed by atoms with Gasteiger partial charge in [0, 0.05) is 30.3 Å². The zero-order valence-electron chi connectivity index (χ0n) is 14.8. The SMILES string of the molecule is CCS(=O)(=O)N(C)CCCNC(=O)CSCC(=O)Nc1cccc(Br)c1. The van der Waals surface area contributed by atoms with Crippen molar-refractivity contribution in [2.75, 3.05) is 42.7 Å². The molecule has 0 aliphatic rings. The molecule has 0 aliphatic carbocycles. The van der Waals surface area contributed by atoms with E-state index in [1.54, 1.807) is 19.1 Å². The number of hydrogen-bond acceptors (Lipinski definition) is 5. The van der Waals surface area contributed by atoms with E-state index < -0.39 is 10.0 Å². The first kappa shape index (κ1) is 22.9. The Kier molecular flexibility index (Phi) is 10.2. The number of sulfonamides is 1. The number of nitrogens with zero attached hydrogens (tertiary/aromatic N) is 1. The first-order chi connectivity index (χ1) is 12.2.